The molecule has 0 spiro atoms. The van der Waals surface area contributed by atoms with Gasteiger partial charge in [-0.15, -0.1) is 12.4 Å². The molecule has 21 heavy (non-hydrogen) atoms. The van der Waals surface area contributed by atoms with Crippen molar-refractivity contribution in [2.24, 2.45) is 5.73 Å². The lowest BCUT2D eigenvalue weighted by Crippen LogP contribution is -2.23. The zero-order chi connectivity index (χ0) is 15.3. The van der Waals surface area contributed by atoms with Crippen LogP contribution in [-0.4, -0.2) is 36.9 Å². The fourth-order valence-corrected chi connectivity index (χ4v) is 1.75. The molecule has 0 aromatic heterocycles. The third-order valence-electron chi connectivity index (χ3n) is 2.98. The van der Waals surface area contributed by atoms with Crippen LogP contribution in [0.3, 0.4) is 0 Å². The molecule has 3 N–H and O–H groups in total. The lowest BCUT2D eigenvalue weighted by Gasteiger charge is -2.14. The standard InChI is InChI=1S/C15H23N3O2.ClH/c1-10-5-7-12(9-13(10)15(20)18(3)4)17-14(19)8-6-11(2)16;/h5,7,9,11H,6,8,16H2,1-4H3,(H,17,19);1H. The lowest BCUT2D eigenvalue weighted by molar-refractivity contribution is -0.116. The van der Waals surface area contributed by atoms with Crippen LogP contribution < -0.4 is 11.1 Å². The van der Waals surface area contributed by atoms with Gasteiger partial charge in [0.2, 0.25) is 5.91 Å². The third kappa shape index (κ3) is 6.14. The first-order chi connectivity index (χ1) is 9.31. The van der Waals surface area contributed by atoms with E-state index in [9.17, 15) is 9.59 Å². The molecular formula is C15H24ClN3O2. The maximum absolute atomic E-state index is 12.0. The Kier molecular flexibility index (Phi) is 7.99. The number of benzene rings is 1. The second kappa shape index (κ2) is 8.64. The van der Waals surface area contributed by atoms with Crippen LogP contribution in [0.1, 0.15) is 35.7 Å². The largest absolute Gasteiger partial charge is 0.345 e. The second-order valence-electron chi connectivity index (χ2n) is 5.29. The Balaban J connectivity index is 0.00000400. The highest BCUT2D eigenvalue weighted by atomic mass is 35.5. The van der Waals surface area contributed by atoms with Crippen LogP contribution in [0.4, 0.5) is 5.69 Å². The predicted molar refractivity (Wildman–Crippen MR) is 88.0 cm³/mol. The summed E-state index contributed by atoms with van der Waals surface area (Å²) in [5.41, 5.74) is 7.74. The van der Waals surface area contributed by atoms with E-state index in [1.54, 1.807) is 26.2 Å². The Labute approximate surface area is 132 Å². The Morgan fingerprint density at radius 2 is 1.95 bits per heavy atom. The van der Waals surface area contributed by atoms with Gasteiger partial charge in [-0.1, -0.05) is 6.07 Å². The summed E-state index contributed by atoms with van der Waals surface area (Å²) in [6.45, 7) is 3.74. The van der Waals surface area contributed by atoms with Crippen molar-refractivity contribution in [2.75, 3.05) is 19.4 Å². The molecule has 1 atom stereocenters. The molecule has 6 heteroatoms. The van der Waals surface area contributed by atoms with Gasteiger partial charge in [-0.25, -0.2) is 0 Å². The van der Waals surface area contributed by atoms with Gasteiger partial charge in [0.25, 0.3) is 5.91 Å². The van der Waals surface area contributed by atoms with E-state index in [-0.39, 0.29) is 30.3 Å². The molecule has 1 rings (SSSR count). The fourth-order valence-electron chi connectivity index (χ4n) is 1.75. The van der Waals surface area contributed by atoms with Crippen molar-refractivity contribution in [3.8, 4) is 0 Å². The zero-order valence-electron chi connectivity index (χ0n) is 13.0. The minimum Gasteiger partial charge on any atom is -0.345 e. The minimum absolute atomic E-state index is 0. The van der Waals surface area contributed by atoms with Gasteiger partial charge in [-0.3, -0.25) is 9.59 Å². The SMILES string of the molecule is Cc1ccc(NC(=O)CCC(C)N)cc1C(=O)N(C)C.Cl. The van der Waals surface area contributed by atoms with E-state index in [0.29, 0.717) is 24.1 Å². The van der Waals surface area contributed by atoms with E-state index in [4.69, 9.17) is 5.73 Å². The van der Waals surface area contributed by atoms with Gasteiger partial charge in [-0.2, -0.15) is 0 Å². The van der Waals surface area contributed by atoms with Crippen LogP contribution >= 0.6 is 12.4 Å². The summed E-state index contributed by atoms with van der Waals surface area (Å²) in [5, 5.41) is 2.79. The summed E-state index contributed by atoms with van der Waals surface area (Å²) in [7, 11) is 3.41. The first kappa shape index (κ1) is 19.4. The van der Waals surface area contributed by atoms with Gasteiger partial charge >= 0.3 is 0 Å². The first-order valence-electron chi connectivity index (χ1n) is 6.69. The molecule has 1 aromatic carbocycles. The molecule has 1 unspecified atom stereocenters. The maximum Gasteiger partial charge on any atom is 0.253 e. The molecule has 0 heterocycles. The summed E-state index contributed by atoms with van der Waals surface area (Å²) in [4.78, 5) is 25.3. The summed E-state index contributed by atoms with van der Waals surface area (Å²) in [5.74, 6) is -0.163. The summed E-state index contributed by atoms with van der Waals surface area (Å²) < 4.78 is 0. The zero-order valence-corrected chi connectivity index (χ0v) is 13.8. The summed E-state index contributed by atoms with van der Waals surface area (Å²) in [6, 6.07) is 5.34. The average Bonchev–Trinajstić information content (AvgIpc) is 2.37. The normalized spacial score (nSPS) is 11.3. The third-order valence-corrected chi connectivity index (χ3v) is 2.98. The highest BCUT2D eigenvalue weighted by Crippen LogP contribution is 2.17. The quantitative estimate of drug-likeness (QED) is 0.875. The highest BCUT2D eigenvalue weighted by Gasteiger charge is 2.12. The van der Waals surface area contributed by atoms with Crippen molar-refractivity contribution >= 4 is 29.9 Å². The Morgan fingerprint density at radius 3 is 2.48 bits per heavy atom. The molecule has 0 bridgehead atoms. The van der Waals surface area contributed by atoms with E-state index in [1.165, 1.54) is 4.90 Å². The number of nitrogens with one attached hydrogen (secondary N) is 1. The molecule has 0 aliphatic heterocycles. The van der Waals surface area contributed by atoms with Crippen LogP contribution in [0.15, 0.2) is 18.2 Å². The molecule has 118 valence electrons. The molecule has 0 saturated heterocycles. The van der Waals surface area contributed by atoms with Gasteiger partial charge < -0.3 is 16.0 Å². The molecular weight excluding hydrogens is 290 g/mol. The van der Waals surface area contributed by atoms with E-state index in [2.05, 4.69) is 5.32 Å². The van der Waals surface area contributed by atoms with Crippen molar-refractivity contribution in [1.82, 2.24) is 4.90 Å². The van der Waals surface area contributed by atoms with Crippen LogP contribution in [0.2, 0.25) is 0 Å². The number of hydrogen-bond acceptors (Lipinski definition) is 3. The van der Waals surface area contributed by atoms with Crippen molar-refractivity contribution in [3.63, 3.8) is 0 Å². The highest BCUT2D eigenvalue weighted by molar-refractivity contribution is 5.98. The van der Waals surface area contributed by atoms with E-state index >= 15 is 0 Å². The predicted octanol–water partition coefficient (Wildman–Crippen LogP) is 2.18. The topological polar surface area (TPSA) is 75.4 Å². The summed E-state index contributed by atoms with van der Waals surface area (Å²) in [6.07, 6.45) is 1.02. The molecule has 0 aliphatic carbocycles. The van der Waals surface area contributed by atoms with Gasteiger partial charge in [0.05, 0.1) is 0 Å². The number of nitrogens with two attached hydrogens (primary N) is 1. The number of rotatable bonds is 5. The van der Waals surface area contributed by atoms with Gasteiger partial charge in [0.15, 0.2) is 0 Å². The van der Waals surface area contributed by atoms with Crippen molar-refractivity contribution < 1.29 is 9.59 Å². The monoisotopic (exact) mass is 313 g/mol. The minimum atomic E-state index is -0.0885. The molecule has 0 aliphatic rings. The Morgan fingerprint density at radius 1 is 1.33 bits per heavy atom. The molecule has 0 radical (unpaired) electrons. The van der Waals surface area contributed by atoms with E-state index in [1.807, 2.05) is 19.9 Å². The van der Waals surface area contributed by atoms with Gasteiger partial charge in [-0.05, 0) is 38.0 Å². The van der Waals surface area contributed by atoms with Gasteiger partial charge in [0.1, 0.15) is 0 Å². The van der Waals surface area contributed by atoms with Crippen LogP contribution in [0.25, 0.3) is 0 Å². The number of halogens is 1. The number of amides is 2. The van der Waals surface area contributed by atoms with Crippen LogP contribution in [0, 0.1) is 6.92 Å². The smallest absolute Gasteiger partial charge is 0.253 e. The van der Waals surface area contributed by atoms with Crippen molar-refractivity contribution in [2.45, 2.75) is 32.7 Å². The number of carbonyl (C=O) groups is 2. The maximum atomic E-state index is 12.0. The van der Waals surface area contributed by atoms with Crippen molar-refractivity contribution in [3.05, 3.63) is 29.3 Å². The number of carbonyl (C=O) groups excluding carboxylic acids is 2. The molecule has 5 nitrogen and oxygen atoms in total. The molecule has 1 aromatic rings. The Hall–Kier alpha value is -1.59. The fraction of sp³-hybridized carbons (Fsp3) is 0.467. The second-order valence-corrected chi connectivity index (χ2v) is 5.29. The Bertz CT molecular complexity index is 502. The first-order valence-corrected chi connectivity index (χ1v) is 6.69. The van der Waals surface area contributed by atoms with Gasteiger partial charge in [0, 0.05) is 37.8 Å². The molecule has 0 saturated carbocycles. The number of anilines is 1. The van der Waals surface area contributed by atoms with E-state index in [0.717, 1.165) is 5.56 Å². The average molecular weight is 314 g/mol. The van der Waals surface area contributed by atoms with Crippen LogP contribution in [-0.2, 0) is 4.79 Å². The van der Waals surface area contributed by atoms with E-state index < -0.39 is 0 Å². The van der Waals surface area contributed by atoms with Crippen LogP contribution in [0.5, 0.6) is 0 Å². The summed E-state index contributed by atoms with van der Waals surface area (Å²) >= 11 is 0. The number of nitrogens with zero attached hydrogens (tertiary/aromatic N) is 1. The molecule has 2 amide bonds. The molecule has 0 fully saturated rings. The van der Waals surface area contributed by atoms with Crippen molar-refractivity contribution in [1.29, 1.82) is 0 Å². The number of hydrogen-bond donors (Lipinski definition) is 2. The lowest BCUT2D eigenvalue weighted by atomic mass is 10.1. The number of aryl methyl sites for hydroxylation is 1.